The number of nitrogens with zero attached hydrogens (tertiary/aromatic N) is 1. The summed E-state index contributed by atoms with van der Waals surface area (Å²) in [6.07, 6.45) is 3.16. The van der Waals surface area contributed by atoms with Gasteiger partial charge in [-0.15, -0.1) is 0 Å². The molecule has 0 aliphatic rings. The van der Waals surface area contributed by atoms with Crippen molar-refractivity contribution >= 4 is 34.0 Å². The standard InChI is InChI=1S/C13H10ClFN4/c14-7-5-19-13-10(7)6(3-4-18-13)11-8(16)1-2-9(17)12(11)15/h1-5H,16-17H2,(H,18,19). The fraction of sp³-hybridized carbons (Fsp3) is 0. The predicted octanol–water partition coefficient (Wildman–Crippen LogP) is 3.19. The Balaban J connectivity index is 2.43. The molecule has 3 rings (SSSR count). The van der Waals surface area contributed by atoms with E-state index in [0.29, 0.717) is 27.3 Å². The maximum atomic E-state index is 14.2. The fourth-order valence-corrected chi connectivity index (χ4v) is 2.35. The summed E-state index contributed by atoms with van der Waals surface area (Å²) in [6.45, 7) is 0. The van der Waals surface area contributed by atoms with Crippen molar-refractivity contribution < 1.29 is 4.39 Å². The number of rotatable bonds is 1. The highest BCUT2D eigenvalue weighted by molar-refractivity contribution is 6.36. The molecular weight excluding hydrogens is 267 g/mol. The molecule has 0 unspecified atom stereocenters. The van der Waals surface area contributed by atoms with Crippen LogP contribution in [-0.4, -0.2) is 9.97 Å². The molecule has 6 heteroatoms. The van der Waals surface area contributed by atoms with Gasteiger partial charge in [-0.3, -0.25) is 0 Å². The number of H-pyrrole nitrogens is 1. The lowest BCUT2D eigenvalue weighted by atomic mass is 10.0. The summed E-state index contributed by atoms with van der Waals surface area (Å²) in [5, 5.41) is 1.08. The zero-order valence-electron chi connectivity index (χ0n) is 9.74. The van der Waals surface area contributed by atoms with Gasteiger partial charge >= 0.3 is 0 Å². The van der Waals surface area contributed by atoms with Gasteiger partial charge in [-0.2, -0.15) is 0 Å². The zero-order valence-corrected chi connectivity index (χ0v) is 10.5. The van der Waals surface area contributed by atoms with E-state index in [0.717, 1.165) is 0 Å². The van der Waals surface area contributed by atoms with Crippen molar-refractivity contribution in [1.29, 1.82) is 0 Å². The lowest BCUT2D eigenvalue weighted by Gasteiger charge is -2.10. The first kappa shape index (κ1) is 11.8. The number of aromatic amines is 1. The molecule has 0 aliphatic heterocycles. The summed E-state index contributed by atoms with van der Waals surface area (Å²) >= 11 is 6.11. The third-order valence-electron chi connectivity index (χ3n) is 3.00. The Morgan fingerprint density at radius 2 is 1.89 bits per heavy atom. The molecule has 3 aromatic rings. The van der Waals surface area contributed by atoms with Gasteiger partial charge in [-0.25, -0.2) is 9.37 Å². The number of halogens is 2. The molecule has 0 saturated heterocycles. The van der Waals surface area contributed by atoms with Crippen molar-refractivity contribution in [3.05, 3.63) is 41.4 Å². The first-order chi connectivity index (χ1) is 9.09. The molecular formula is C13H10ClFN4. The van der Waals surface area contributed by atoms with Crippen LogP contribution in [0.2, 0.25) is 5.02 Å². The molecule has 0 amide bonds. The van der Waals surface area contributed by atoms with Crippen LogP contribution < -0.4 is 11.5 Å². The van der Waals surface area contributed by atoms with E-state index in [4.69, 9.17) is 23.1 Å². The van der Waals surface area contributed by atoms with Gasteiger partial charge in [0.2, 0.25) is 0 Å². The van der Waals surface area contributed by atoms with Crippen LogP contribution in [0.3, 0.4) is 0 Å². The molecule has 0 fully saturated rings. The molecule has 96 valence electrons. The number of benzene rings is 1. The van der Waals surface area contributed by atoms with Gasteiger partial charge in [0.05, 0.1) is 10.7 Å². The molecule has 4 nitrogen and oxygen atoms in total. The molecule has 0 saturated carbocycles. The molecule has 19 heavy (non-hydrogen) atoms. The smallest absolute Gasteiger partial charge is 0.155 e. The molecule has 0 atom stereocenters. The summed E-state index contributed by atoms with van der Waals surface area (Å²) in [5.74, 6) is -0.551. The maximum absolute atomic E-state index is 14.2. The summed E-state index contributed by atoms with van der Waals surface area (Å²) in [4.78, 5) is 7.05. The Kier molecular flexibility index (Phi) is 2.57. The second-order valence-corrected chi connectivity index (χ2v) is 4.56. The Morgan fingerprint density at radius 3 is 2.68 bits per heavy atom. The van der Waals surface area contributed by atoms with Gasteiger partial charge in [0, 0.05) is 34.6 Å². The molecule has 2 aromatic heterocycles. The van der Waals surface area contributed by atoms with Crippen LogP contribution in [0.4, 0.5) is 15.8 Å². The van der Waals surface area contributed by atoms with Gasteiger partial charge < -0.3 is 16.5 Å². The minimum atomic E-state index is -0.551. The van der Waals surface area contributed by atoms with Crippen LogP contribution in [0.1, 0.15) is 0 Å². The number of nitrogens with one attached hydrogen (secondary N) is 1. The largest absolute Gasteiger partial charge is 0.398 e. The fourth-order valence-electron chi connectivity index (χ4n) is 2.11. The predicted molar refractivity (Wildman–Crippen MR) is 75.3 cm³/mol. The number of nitrogen functional groups attached to an aromatic ring is 2. The summed E-state index contributed by atoms with van der Waals surface area (Å²) < 4.78 is 14.2. The molecule has 0 radical (unpaired) electrons. The van der Waals surface area contributed by atoms with E-state index in [-0.39, 0.29) is 11.3 Å². The van der Waals surface area contributed by atoms with Crippen LogP contribution in [-0.2, 0) is 0 Å². The summed E-state index contributed by atoms with van der Waals surface area (Å²) in [5.41, 5.74) is 13.2. The van der Waals surface area contributed by atoms with Gasteiger partial charge in [0.15, 0.2) is 5.82 Å². The molecule has 0 bridgehead atoms. The first-order valence-corrected chi connectivity index (χ1v) is 5.93. The van der Waals surface area contributed by atoms with Crippen molar-refractivity contribution in [2.45, 2.75) is 0 Å². The zero-order chi connectivity index (χ0) is 13.6. The lowest BCUT2D eigenvalue weighted by Crippen LogP contribution is -1.99. The molecule has 1 aromatic carbocycles. The summed E-state index contributed by atoms with van der Waals surface area (Å²) in [7, 11) is 0. The molecule has 5 N–H and O–H groups in total. The van der Waals surface area contributed by atoms with Crippen LogP contribution in [0.5, 0.6) is 0 Å². The molecule has 2 heterocycles. The van der Waals surface area contributed by atoms with E-state index in [9.17, 15) is 4.39 Å². The highest BCUT2D eigenvalue weighted by Gasteiger charge is 2.17. The first-order valence-electron chi connectivity index (χ1n) is 5.55. The van der Waals surface area contributed by atoms with Crippen molar-refractivity contribution in [1.82, 2.24) is 9.97 Å². The number of anilines is 2. The van der Waals surface area contributed by atoms with Crippen molar-refractivity contribution in [3.63, 3.8) is 0 Å². The highest BCUT2D eigenvalue weighted by Crippen LogP contribution is 2.38. The number of nitrogens with two attached hydrogens (primary N) is 2. The van der Waals surface area contributed by atoms with Crippen LogP contribution in [0.25, 0.3) is 22.2 Å². The lowest BCUT2D eigenvalue weighted by molar-refractivity contribution is 0.636. The molecule has 0 aliphatic carbocycles. The number of fused-ring (bicyclic) bond motifs is 1. The Morgan fingerprint density at radius 1 is 1.16 bits per heavy atom. The third kappa shape index (κ3) is 1.70. The van der Waals surface area contributed by atoms with Gasteiger partial charge in [-0.05, 0) is 18.2 Å². The minimum absolute atomic E-state index is 0.0424. The van der Waals surface area contributed by atoms with Crippen LogP contribution >= 0.6 is 11.6 Å². The number of pyridine rings is 1. The second kappa shape index (κ2) is 4.13. The molecule has 0 spiro atoms. The monoisotopic (exact) mass is 276 g/mol. The van der Waals surface area contributed by atoms with Crippen molar-refractivity contribution in [2.75, 3.05) is 11.5 Å². The number of hydrogen-bond donors (Lipinski definition) is 3. The Labute approximate surface area is 113 Å². The average molecular weight is 277 g/mol. The van der Waals surface area contributed by atoms with Crippen LogP contribution in [0, 0.1) is 5.82 Å². The van der Waals surface area contributed by atoms with E-state index < -0.39 is 5.82 Å². The Hall–Kier alpha value is -2.27. The van der Waals surface area contributed by atoms with Gasteiger partial charge in [0.1, 0.15) is 5.65 Å². The van der Waals surface area contributed by atoms with E-state index in [1.165, 1.54) is 6.07 Å². The summed E-state index contributed by atoms with van der Waals surface area (Å²) in [6, 6.07) is 4.67. The number of aromatic nitrogens is 2. The quantitative estimate of drug-likeness (QED) is 0.597. The third-order valence-corrected chi connectivity index (χ3v) is 3.30. The SMILES string of the molecule is Nc1ccc(N)c(-c2ccnc3[nH]cc(Cl)c23)c1F. The van der Waals surface area contributed by atoms with Crippen LogP contribution in [0.15, 0.2) is 30.6 Å². The normalized spacial score (nSPS) is 11.1. The average Bonchev–Trinajstić information content (AvgIpc) is 2.77. The van der Waals surface area contributed by atoms with Gasteiger partial charge in [0.25, 0.3) is 0 Å². The topological polar surface area (TPSA) is 80.7 Å². The minimum Gasteiger partial charge on any atom is -0.398 e. The van der Waals surface area contributed by atoms with E-state index in [1.54, 1.807) is 24.5 Å². The number of hydrogen-bond acceptors (Lipinski definition) is 3. The van der Waals surface area contributed by atoms with Crippen molar-refractivity contribution in [2.24, 2.45) is 0 Å². The second-order valence-electron chi connectivity index (χ2n) is 4.15. The van der Waals surface area contributed by atoms with E-state index in [1.807, 2.05) is 0 Å². The Bertz CT molecular complexity index is 782. The highest BCUT2D eigenvalue weighted by atomic mass is 35.5. The van der Waals surface area contributed by atoms with E-state index >= 15 is 0 Å². The van der Waals surface area contributed by atoms with E-state index in [2.05, 4.69) is 9.97 Å². The van der Waals surface area contributed by atoms with Gasteiger partial charge in [-0.1, -0.05) is 11.6 Å². The maximum Gasteiger partial charge on any atom is 0.155 e. The van der Waals surface area contributed by atoms with Crippen molar-refractivity contribution in [3.8, 4) is 11.1 Å².